The number of aromatic nitrogens is 2. The Morgan fingerprint density at radius 1 is 1.29 bits per heavy atom. The Balaban J connectivity index is 2.85. The van der Waals surface area contributed by atoms with Gasteiger partial charge in [-0.15, -0.1) is 0 Å². The van der Waals surface area contributed by atoms with Crippen molar-refractivity contribution in [3.8, 4) is 0 Å². The molecule has 0 unspecified atom stereocenters. The molecular formula is C11H15N3. The van der Waals surface area contributed by atoms with Gasteiger partial charge in [0.15, 0.2) is 0 Å². The molecule has 0 atom stereocenters. The topological polar surface area (TPSA) is 29.9 Å². The molecule has 0 fully saturated rings. The standard InChI is InChI=1S/C11H15N3/c1-7-5-8(2)10-9(6-7)14(4)11(12-3)13-10/h5-6H,1-4H3,(H,12,13). The van der Waals surface area contributed by atoms with Crippen LogP contribution in [-0.4, -0.2) is 16.6 Å². The Bertz CT molecular complexity index is 483. The van der Waals surface area contributed by atoms with Crippen molar-refractivity contribution in [1.29, 1.82) is 0 Å². The van der Waals surface area contributed by atoms with Crippen molar-refractivity contribution in [2.24, 2.45) is 7.05 Å². The molecule has 0 aliphatic heterocycles. The fraction of sp³-hybridized carbons (Fsp3) is 0.364. The molecule has 0 aliphatic rings. The molecule has 74 valence electrons. The van der Waals surface area contributed by atoms with Gasteiger partial charge in [0.2, 0.25) is 5.95 Å². The molecule has 0 bridgehead atoms. The molecule has 0 spiro atoms. The molecule has 1 aromatic heterocycles. The van der Waals surface area contributed by atoms with E-state index in [4.69, 9.17) is 0 Å². The lowest BCUT2D eigenvalue weighted by atomic mass is 10.1. The lowest BCUT2D eigenvalue weighted by molar-refractivity contribution is 0.952. The number of imidazole rings is 1. The summed E-state index contributed by atoms with van der Waals surface area (Å²) in [7, 11) is 3.92. The highest BCUT2D eigenvalue weighted by Crippen LogP contribution is 2.22. The van der Waals surface area contributed by atoms with E-state index in [0.29, 0.717) is 0 Å². The van der Waals surface area contributed by atoms with Gasteiger partial charge in [-0.05, 0) is 31.0 Å². The molecule has 1 heterocycles. The van der Waals surface area contributed by atoms with Gasteiger partial charge in [-0.2, -0.15) is 0 Å². The lowest BCUT2D eigenvalue weighted by Gasteiger charge is -2.01. The monoisotopic (exact) mass is 189 g/mol. The minimum absolute atomic E-state index is 0.911. The van der Waals surface area contributed by atoms with Crippen LogP contribution in [0, 0.1) is 13.8 Å². The predicted octanol–water partition coefficient (Wildman–Crippen LogP) is 2.23. The van der Waals surface area contributed by atoms with Gasteiger partial charge in [-0.25, -0.2) is 4.98 Å². The van der Waals surface area contributed by atoms with E-state index in [1.54, 1.807) is 0 Å². The average Bonchev–Trinajstić information content (AvgIpc) is 2.44. The maximum Gasteiger partial charge on any atom is 0.203 e. The number of hydrogen-bond donors (Lipinski definition) is 1. The minimum Gasteiger partial charge on any atom is -0.359 e. The van der Waals surface area contributed by atoms with Gasteiger partial charge in [0.25, 0.3) is 0 Å². The zero-order valence-corrected chi connectivity index (χ0v) is 9.05. The Hall–Kier alpha value is -1.51. The van der Waals surface area contributed by atoms with Crippen LogP contribution >= 0.6 is 0 Å². The summed E-state index contributed by atoms with van der Waals surface area (Å²) < 4.78 is 2.08. The number of nitrogens with zero attached hydrogens (tertiary/aromatic N) is 2. The van der Waals surface area contributed by atoms with Crippen LogP contribution in [0.1, 0.15) is 11.1 Å². The molecule has 3 nitrogen and oxygen atoms in total. The lowest BCUT2D eigenvalue weighted by Crippen LogP contribution is -1.97. The largest absolute Gasteiger partial charge is 0.359 e. The van der Waals surface area contributed by atoms with E-state index >= 15 is 0 Å². The second-order valence-corrected chi connectivity index (χ2v) is 3.69. The van der Waals surface area contributed by atoms with Gasteiger partial charge in [0.1, 0.15) is 0 Å². The summed E-state index contributed by atoms with van der Waals surface area (Å²) in [6.45, 7) is 4.21. The first-order valence-corrected chi connectivity index (χ1v) is 4.75. The van der Waals surface area contributed by atoms with E-state index in [0.717, 1.165) is 11.5 Å². The summed E-state index contributed by atoms with van der Waals surface area (Å²) in [6.07, 6.45) is 0. The van der Waals surface area contributed by atoms with Crippen LogP contribution in [0.4, 0.5) is 5.95 Å². The SMILES string of the molecule is CNc1nc2c(C)cc(C)cc2n1C. The molecule has 14 heavy (non-hydrogen) atoms. The van der Waals surface area contributed by atoms with E-state index in [1.807, 2.05) is 14.1 Å². The van der Waals surface area contributed by atoms with Crippen molar-refractivity contribution in [1.82, 2.24) is 9.55 Å². The normalized spacial score (nSPS) is 10.9. The van der Waals surface area contributed by atoms with Gasteiger partial charge in [0.05, 0.1) is 11.0 Å². The Morgan fingerprint density at radius 3 is 2.64 bits per heavy atom. The smallest absolute Gasteiger partial charge is 0.203 e. The molecule has 0 amide bonds. The first kappa shape index (κ1) is 9.06. The zero-order valence-electron chi connectivity index (χ0n) is 9.05. The van der Waals surface area contributed by atoms with Gasteiger partial charge in [-0.3, -0.25) is 0 Å². The van der Waals surface area contributed by atoms with Gasteiger partial charge in [-0.1, -0.05) is 6.07 Å². The quantitative estimate of drug-likeness (QED) is 0.745. The second kappa shape index (κ2) is 3.01. The van der Waals surface area contributed by atoms with Crippen LogP contribution in [0.25, 0.3) is 11.0 Å². The van der Waals surface area contributed by atoms with Gasteiger partial charge in [0, 0.05) is 14.1 Å². The first-order valence-electron chi connectivity index (χ1n) is 4.75. The summed E-state index contributed by atoms with van der Waals surface area (Å²) >= 11 is 0. The van der Waals surface area contributed by atoms with Crippen molar-refractivity contribution in [3.05, 3.63) is 23.3 Å². The number of fused-ring (bicyclic) bond motifs is 1. The molecule has 1 aromatic carbocycles. The Morgan fingerprint density at radius 2 is 2.00 bits per heavy atom. The van der Waals surface area contributed by atoms with E-state index in [-0.39, 0.29) is 0 Å². The van der Waals surface area contributed by atoms with Crippen LogP contribution in [0.5, 0.6) is 0 Å². The van der Waals surface area contributed by atoms with Gasteiger partial charge >= 0.3 is 0 Å². The van der Waals surface area contributed by atoms with Crippen molar-refractivity contribution < 1.29 is 0 Å². The summed E-state index contributed by atoms with van der Waals surface area (Å²) in [5.41, 5.74) is 4.78. The molecule has 0 aliphatic carbocycles. The van der Waals surface area contributed by atoms with Crippen molar-refractivity contribution in [2.75, 3.05) is 12.4 Å². The third-order valence-electron chi connectivity index (χ3n) is 2.55. The molecule has 3 heteroatoms. The Kier molecular flexibility index (Phi) is 1.95. The van der Waals surface area contributed by atoms with Crippen LogP contribution in [0.3, 0.4) is 0 Å². The zero-order chi connectivity index (χ0) is 10.3. The van der Waals surface area contributed by atoms with Crippen LogP contribution in [0.15, 0.2) is 12.1 Å². The number of anilines is 1. The Labute approximate surface area is 83.8 Å². The molecule has 0 radical (unpaired) electrons. The third-order valence-corrected chi connectivity index (χ3v) is 2.55. The van der Waals surface area contributed by atoms with E-state index in [2.05, 4.69) is 40.8 Å². The van der Waals surface area contributed by atoms with Crippen molar-refractivity contribution in [2.45, 2.75) is 13.8 Å². The van der Waals surface area contributed by atoms with E-state index < -0.39 is 0 Å². The van der Waals surface area contributed by atoms with Crippen LogP contribution in [-0.2, 0) is 7.05 Å². The molecule has 1 N–H and O–H groups in total. The number of aryl methyl sites for hydroxylation is 3. The minimum atomic E-state index is 0.911. The highest BCUT2D eigenvalue weighted by molar-refractivity contribution is 5.82. The molecule has 0 saturated carbocycles. The third kappa shape index (κ3) is 1.16. The number of rotatable bonds is 1. The number of benzene rings is 1. The summed E-state index contributed by atoms with van der Waals surface area (Å²) in [6, 6.07) is 4.32. The maximum absolute atomic E-state index is 4.52. The molecule has 2 aromatic rings. The number of hydrogen-bond acceptors (Lipinski definition) is 2. The fourth-order valence-corrected chi connectivity index (χ4v) is 1.86. The molecule has 0 saturated heterocycles. The summed E-state index contributed by atoms with van der Waals surface area (Å²) in [5, 5.41) is 3.08. The van der Waals surface area contributed by atoms with Crippen LogP contribution in [0.2, 0.25) is 0 Å². The highest BCUT2D eigenvalue weighted by Gasteiger charge is 2.08. The first-order chi connectivity index (χ1) is 6.63. The summed E-state index contributed by atoms with van der Waals surface area (Å²) in [4.78, 5) is 4.52. The fourth-order valence-electron chi connectivity index (χ4n) is 1.86. The highest BCUT2D eigenvalue weighted by atomic mass is 15.2. The van der Waals surface area contributed by atoms with E-state index in [9.17, 15) is 0 Å². The summed E-state index contributed by atoms with van der Waals surface area (Å²) in [5.74, 6) is 0.911. The molecule has 2 rings (SSSR count). The van der Waals surface area contributed by atoms with E-state index in [1.165, 1.54) is 16.6 Å². The number of nitrogens with one attached hydrogen (secondary N) is 1. The van der Waals surface area contributed by atoms with Crippen molar-refractivity contribution >= 4 is 17.0 Å². The maximum atomic E-state index is 4.52. The second-order valence-electron chi connectivity index (χ2n) is 3.69. The van der Waals surface area contributed by atoms with Crippen molar-refractivity contribution in [3.63, 3.8) is 0 Å². The van der Waals surface area contributed by atoms with Gasteiger partial charge < -0.3 is 9.88 Å². The van der Waals surface area contributed by atoms with Crippen LogP contribution < -0.4 is 5.32 Å². The molecular weight excluding hydrogens is 174 g/mol. The average molecular weight is 189 g/mol. The predicted molar refractivity (Wildman–Crippen MR) is 59.7 cm³/mol.